The molecule has 2 aromatic heterocycles. The van der Waals surface area contributed by atoms with E-state index < -0.39 is 32.8 Å². The second-order valence-corrected chi connectivity index (χ2v) is 12.5. The van der Waals surface area contributed by atoms with Crippen molar-refractivity contribution in [3.63, 3.8) is 0 Å². The summed E-state index contributed by atoms with van der Waals surface area (Å²) >= 11 is 0. The number of pyridine rings is 1. The summed E-state index contributed by atoms with van der Waals surface area (Å²) in [5.74, 6) is -0.542. The van der Waals surface area contributed by atoms with Crippen LogP contribution in [-0.4, -0.2) is 54.2 Å². The molecule has 0 bridgehead atoms. The number of rotatable bonds is 10. The van der Waals surface area contributed by atoms with Gasteiger partial charge in [-0.2, -0.15) is 13.1 Å². The topological polar surface area (TPSA) is 139 Å². The minimum Gasteiger partial charge on any atom is -0.338 e. The highest BCUT2D eigenvalue weighted by atomic mass is 32.2. The number of hydrogen-bond donors (Lipinski definition) is 3. The fraction of sp³-hybridized carbons (Fsp3) is 0.387. The highest BCUT2D eigenvalue weighted by molar-refractivity contribution is 7.90. The monoisotopic (exact) mass is 641 g/mol. The molecule has 1 fully saturated rings. The molecular formula is C31H40FN7O5S. The van der Waals surface area contributed by atoms with Crippen LogP contribution in [0.15, 0.2) is 56.8 Å². The van der Waals surface area contributed by atoms with Crippen molar-refractivity contribution in [2.24, 2.45) is 7.05 Å². The van der Waals surface area contributed by atoms with E-state index in [2.05, 4.69) is 14.8 Å². The number of nitrogens with one attached hydrogen (secondary N) is 3. The van der Waals surface area contributed by atoms with Crippen molar-refractivity contribution in [1.82, 2.24) is 23.3 Å². The molecular weight excluding hydrogens is 601 g/mol. The molecule has 0 unspecified atom stereocenters. The SMILES string of the molecule is CC.Cc1ccc(Nc2c3c(=O)n(C4CC4)c(=O)n(-c4cccc(NS(=O)(=O)NCCN(C)C)c4)c3c(C)c(=O)n2C)c(F)c1. The summed E-state index contributed by atoms with van der Waals surface area (Å²) < 4.78 is 48.8. The van der Waals surface area contributed by atoms with Crippen molar-refractivity contribution in [2.45, 2.75) is 46.6 Å². The number of halogens is 1. The molecule has 1 aliphatic carbocycles. The number of benzene rings is 2. The minimum atomic E-state index is -3.94. The Hall–Kier alpha value is -4.27. The van der Waals surface area contributed by atoms with Gasteiger partial charge in [0.25, 0.3) is 21.3 Å². The molecule has 0 spiro atoms. The van der Waals surface area contributed by atoms with E-state index in [-0.39, 0.29) is 51.9 Å². The maximum atomic E-state index is 14.9. The van der Waals surface area contributed by atoms with Gasteiger partial charge in [0.15, 0.2) is 0 Å². The molecule has 3 N–H and O–H groups in total. The number of hydrogen-bond acceptors (Lipinski definition) is 7. The van der Waals surface area contributed by atoms with Gasteiger partial charge in [-0.3, -0.25) is 28.0 Å². The normalized spacial score (nSPS) is 13.1. The standard InChI is InChI=1S/C29H34FN7O5S.C2H6/c1-17-9-12-23(22(30)15-17)32-26-24-25(18(2)27(38)35(26)5)36(29(40)37(28(24)39)20-10-11-20)21-8-6-7-19(16-21)33-43(41,42)31-13-14-34(3)4;1-2/h6-9,12,15-16,20,31-33H,10-11,13-14H2,1-5H3;1-2H3. The van der Waals surface area contributed by atoms with Crippen molar-refractivity contribution in [3.05, 3.63) is 90.6 Å². The average molecular weight is 642 g/mol. The van der Waals surface area contributed by atoms with E-state index in [4.69, 9.17) is 0 Å². The molecule has 0 amide bonds. The Morgan fingerprint density at radius 2 is 1.69 bits per heavy atom. The van der Waals surface area contributed by atoms with Crippen LogP contribution in [0.25, 0.3) is 16.6 Å². The molecule has 242 valence electrons. The van der Waals surface area contributed by atoms with Gasteiger partial charge in [-0.1, -0.05) is 26.0 Å². The first-order chi connectivity index (χ1) is 21.3. The second kappa shape index (κ2) is 13.4. The number of aromatic nitrogens is 3. The van der Waals surface area contributed by atoms with Gasteiger partial charge in [0.2, 0.25) is 0 Å². The largest absolute Gasteiger partial charge is 0.338 e. The van der Waals surface area contributed by atoms with Crippen molar-refractivity contribution in [3.8, 4) is 5.69 Å². The lowest BCUT2D eigenvalue weighted by Gasteiger charge is -2.21. The summed E-state index contributed by atoms with van der Waals surface area (Å²) in [6, 6.07) is 10.3. The fourth-order valence-electron chi connectivity index (χ4n) is 5.01. The van der Waals surface area contributed by atoms with Gasteiger partial charge in [-0.25, -0.2) is 9.18 Å². The fourth-order valence-corrected chi connectivity index (χ4v) is 5.88. The molecule has 4 aromatic rings. The van der Waals surface area contributed by atoms with Gasteiger partial charge < -0.3 is 10.2 Å². The van der Waals surface area contributed by atoms with Crippen LogP contribution in [0.1, 0.15) is 43.9 Å². The Balaban J connectivity index is 0.00000226. The molecule has 2 aromatic carbocycles. The molecule has 0 saturated heterocycles. The molecule has 0 aliphatic heterocycles. The molecule has 0 radical (unpaired) electrons. The number of anilines is 3. The summed E-state index contributed by atoms with van der Waals surface area (Å²) in [5.41, 5.74) is -0.431. The lowest BCUT2D eigenvalue weighted by Crippen LogP contribution is -2.41. The quantitative estimate of drug-likeness (QED) is 0.241. The van der Waals surface area contributed by atoms with Crippen LogP contribution in [0, 0.1) is 19.7 Å². The van der Waals surface area contributed by atoms with Crippen LogP contribution >= 0.6 is 0 Å². The van der Waals surface area contributed by atoms with E-state index in [1.165, 1.54) is 47.4 Å². The third kappa shape index (κ3) is 7.02. The summed E-state index contributed by atoms with van der Waals surface area (Å²) in [6.45, 7) is 7.92. The zero-order valence-electron chi connectivity index (χ0n) is 26.6. The van der Waals surface area contributed by atoms with Crippen LogP contribution in [0.2, 0.25) is 0 Å². The van der Waals surface area contributed by atoms with Gasteiger partial charge in [0, 0.05) is 31.7 Å². The Morgan fingerprint density at radius 1 is 1.00 bits per heavy atom. The lowest BCUT2D eigenvalue weighted by atomic mass is 10.1. The maximum Gasteiger partial charge on any atom is 0.336 e. The summed E-state index contributed by atoms with van der Waals surface area (Å²) in [5, 5.41) is 2.96. The van der Waals surface area contributed by atoms with Gasteiger partial charge in [-0.05, 0) is 76.7 Å². The predicted molar refractivity (Wildman–Crippen MR) is 177 cm³/mol. The van der Waals surface area contributed by atoms with E-state index >= 15 is 0 Å². The molecule has 12 nitrogen and oxygen atoms in total. The van der Waals surface area contributed by atoms with Crippen LogP contribution in [0.3, 0.4) is 0 Å². The number of fused-ring (bicyclic) bond motifs is 1. The Bertz CT molecular complexity index is 2030. The zero-order chi connectivity index (χ0) is 33.2. The van der Waals surface area contributed by atoms with E-state index in [1.807, 2.05) is 32.8 Å². The highest BCUT2D eigenvalue weighted by Crippen LogP contribution is 2.34. The summed E-state index contributed by atoms with van der Waals surface area (Å²) in [4.78, 5) is 43.3. The number of likely N-dealkylation sites (N-methyl/N-ethyl adjacent to an activating group) is 1. The van der Waals surface area contributed by atoms with Crippen LogP contribution in [-0.2, 0) is 17.3 Å². The summed E-state index contributed by atoms with van der Waals surface area (Å²) in [7, 11) is 1.18. The Morgan fingerprint density at radius 3 is 2.31 bits per heavy atom. The van der Waals surface area contributed by atoms with Crippen LogP contribution < -0.4 is 31.6 Å². The van der Waals surface area contributed by atoms with Gasteiger partial charge in [0.1, 0.15) is 17.0 Å². The first-order valence-corrected chi connectivity index (χ1v) is 16.2. The molecule has 0 atom stereocenters. The van der Waals surface area contributed by atoms with Gasteiger partial charge >= 0.3 is 5.69 Å². The Labute approximate surface area is 261 Å². The summed E-state index contributed by atoms with van der Waals surface area (Å²) in [6.07, 6.45) is 1.25. The van der Waals surface area contributed by atoms with Crippen LogP contribution in [0.5, 0.6) is 0 Å². The Kier molecular flexibility index (Phi) is 10.00. The smallest absolute Gasteiger partial charge is 0.336 e. The maximum absolute atomic E-state index is 14.9. The molecule has 45 heavy (non-hydrogen) atoms. The van der Waals surface area contributed by atoms with E-state index in [0.29, 0.717) is 24.9 Å². The minimum absolute atomic E-state index is 0.0300. The van der Waals surface area contributed by atoms with Crippen molar-refractivity contribution >= 4 is 38.3 Å². The van der Waals surface area contributed by atoms with Gasteiger partial charge in [-0.15, -0.1) is 0 Å². The average Bonchev–Trinajstić information content (AvgIpc) is 3.81. The van der Waals surface area contributed by atoms with E-state index in [0.717, 1.165) is 4.57 Å². The zero-order valence-corrected chi connectivity index (χ0v) is 27.4. The van der Waals surface area contributed by atoms with Gasteiger partial charge in [0.05, 0.1) is 22.6 Å². The number of aryl methyl sites for hydroxylation is 2. The first-order valence-electron chi connectivity index (χ1n) is 14.8. The molecule has 5 rings (SSSR count). The molecule has 14 heteroatoms. The van der Waals surface area contributed by atoms with Crippen molar-refractivity contribution in [1.29, 1.82) is 0 Å². The van der Waals surface area contributed by atoms with Crippen molar-refractivity contribution in [2.75, 3.05) is 37.2 Å². The molecule has 1 aliphatic rings. The second-order valence-electron chi connectivity index (χ2n) is 11.0. The third-order valence-electron chi connectivity index (χ3n) is 7.34. The molecule has 2 heterocycles. The van der Waals surface area contributed by atoms with Crippen LogP contribution in [0.4, 0.5) is 21.6 Å². The van der Waals surface area contributed by atoms with Crippen molar-refractivity contribution < 1.29 is 12.8 Å². The third-order valence-corrected chi connectivity index (χ3v) is 8.43. The highest BCUT2D eigenvalue weighted by Gasteiger charge is 2.31. The number of nitrogens with zero attached hydrogens (tertiary/aromatic N) is 4. The van der Waals surface area contributed by atoms with E-state index in [1.54, 1.807) is 25.1 Å². The van der Waals surface area contributed by atoms with E-state index in [9.17, 15) is 27.2 Å². The molecule has 1 saturated carbocycles. The lowest BCUT2D eigenvalue weighted by molar-refractivity contribution is 0.412. The predicted octanol–water partition coefficient (Wildman–Crippen LogP) is 3.52. The first kappa shape index (κ1) is 33.6.